The van der Waals surface area contributed by atoms with Gasteiger partial charge in [0.2, 0.25) is 0 Å². The highest BCUT2D eigenvalue weighted by Crippen LogP contribution is 2.48. The third kappa shape index (κ3) is 3.57. The zero-order valence-corrected chi connectivity index (χ0v) is 10.2. The molecule has 0 saturated heterocycles. The van der Waals surface area contributed by atoms with E-state index in [1.54, 1.807) is 0 Å². The van der Waals surface area contributed by atoms with Crippen LogP contribution in [0.5, 0.6) is 0 Å². The molecular weight excluding hydrogens is 218 g/mol. The van der Waals surface area contributed by atoms with Gasteiger partial charge in [0, 0.05) is 13.0 Å². The van der Waals surface area contributed by atoms with Crippen LogP contribution in [-0.2, 0) is 0 Å². The molecule has 0 aromatic carbocycles. The summed E-state index contributed by atoms with van der Waals surface area (Å²) in [5, 5.41) is 24.5. The van der Waals surface area contributed by atoms with Crippen LogP contribution in [-0.4, -0.2) is 35.3 Å². The lowest BCUT2D eigenvalue weighted by Gasteiger charge is -2.17. The number of rotatable bonds is 6. The van der Waals surface area contributed by atoms with Gasteiger partial charge in [-0.3, -0.25) is 0 Å². The third-order valence-corrected chi connectivity index (χ3v) is 4.09. The second-order valence-electron chi connectivity index (χ2n) is 5.73. The first-order valence-corrected chi connectivity index (χ1v) is 6.49. The van der Waals surface area contributed by atoms with E-state index in [0.717, 1.165) is 45.2 Å². The van der Waals surface area contributed by atoms with E-state index in [1.165, 1.54) is 0 Å². The molecule has 2 aliphatic carbocycles. The van der Waals surface area contributed by atoms with Crippen LogP contribution in [0.1, 0.15) is 38.5 Å². The van der Waals surface area contributed by atoms with Gasteiger partial charge in [-0.2, -0.15) is 0 Å². The zero-order chi connectivity index (χ0) is 12.3. The van der Waals surface area contributed by atoms with Crippen molar-refractivity contribution in [2.24, 2.45) is 22.2 Å². The lowest BCUT2D eigenvalue weighted by Crippen LogP contribution is -2.31. The van der Waals surface area contributed by atoms with E-state index in [1.807, 2.05) is 0 Å². The molecule has 0 radical (unpaired) electrons. The first-order chi connectivity index (χ1) is 8.13. The van der Waals surface area contributed by atoms with E-state index in [2.05, 4.69) is 10.5 Å². The van der Waals surface area contributed by atoms with Crippen molar-refractivity contribution in [1.29, 1.82) is 0 Å². The van der Waals surface area contributed by atoms with Gasteiger partial charge in [0.1, 0.15) is 5.84 Å². The standard InChI is InChI=1S/C12H23N3O2/c13-11(15-17)6-12(3-4-12)8-14-7-9-1-2-10(16)5-9/h9-10,14,16-17H,1-8H2,(H2,13,15). The number of oxime groups is 1. The fourth-order valence-electron chi connectivity index (χ4n) is 2.79. The van der Waals surface area contributed by atoms with Gasteiger partial charge >= 0.3 is 0 Å². The summed E-state index contributed by atoms with van der Waals surface area (Å²) in [7, 11) is 0. The highest BCUT2D eigenvalue weighted by atomic mass is 16.4. The van der Waals surface area contributed by atoms with E-state index >= 15 is 0 Å². The normalized spacial score (nSPS) is 31.7. The maximum absolute atomic E-state index is 9.43. The van der Waals surface area contributed by atoms with Crippen molar-refractivity contribution in [1.82, 2.24) is 5.32 Å². The maximum Gasteiger partial charge on any atom is 0.139 e. The molecule has 0 aromatic heterocycles. The van der Waals surface area contributed by atoms with E-state index in [-0.39, 0.29) is 11.5 Å². The molecule has 17 heavy (non-hydrogen) atoms. The summed E-state index contributed by atoms with van der Waals surface area (Å²) >= 11 is 0. The number of nitrogens with two attached hydrogens (primary N) is 1. The predicted molar refractivity (Wildman–Crippen MR) is 65.9 cm³/mol. The molecule has 2 rings (SSSR count). The molecule has 5 heteroatoms. The van der Waals surface area contributed by atoms with Crippen molar-refractivity contribution in [3.63, 3.8) is 0 Å². The van der Waals surface area contributed by atoms with Crippen LogP contribution in [0.25, 0.3) is 0 Å². The SMILES string of the molecule is NC(CC1(CNCC2CCC(O)C2)CC1)=NO. The van der Waals surface area contributed by atoms with Crippen molar-refractivity contribution in [3.8, 4) is 0 Å². The Morgan fingerprint density at radius 3 is 2.71 bits per heavy atom. The van der Waals surface area contributed by atoms with Gasteiger partial charge in [0.05, 0.1) is 6.10 Å². The van der Waals surface area contributed by atoms with Gasteiger partial charge in [-0.15, -0.1) is 0 Å². The lowest BCUT2D eigenvalue weighted by molar-refractivity contribution is 0.177. The van der Waals surface area contributed by atoms with Crippen LogP contribution >= 0.6 is 0 Å². The van der Waals surface area contributed by atoms with Gasteiger partial charge in [0.15, 0.2) is 0 Å². The molecular formula is C12H23N3O2. The van der Waals surface area contributed by atoms with E-state index in [9.17, 15) is 5.11 Å². The second kappa shape index (κ2) is 5.23. The Bertz CT molecular complexity index is 289. The van der Waals surface area contributed by atoms with E-state index in [4.69, 9.17) is 10.9 Å². The Morgan fingerprint density at radius 1 is 1.41 bits per heavy atom. The molecule has 0 spiro atoms. The summed E-state index contributed by atoms with van der Waals surface area (Å²) in [6, 6.07) is 0. The van der Waals surface area contributed by atoms with Crippen molar-refractivity contribution < 1.29 is 10.3 Å². The molecule has 2 unspecified atom stereocenters. The molecule has 5 nitrogen and oxygen atoms in total. The molecule has 98 valence electrons. The Hall–Kier alpha value is -0.810. The Kier molecular flexibility index (Phi) is 3.89. The second-order valence-corrected chi connectivity index (χ2v) is 5.73. The molecule has 0 amide bonds. The van der Waals surface area contributed by atoms with Crippen molar-refractivity contribution in [2.75, 3.05) is 13.1 Å². The molecule has 0 heterocycles. The minimum atomic E-state index is -0.0890. The Labute approximate surface area is 102 Å². The van der Waals surface area contributed by atoms with E-state index < -0.39 is 0 Å². The van der Waals surface area contributed by atoms with Crippen LogP contribution < -0.4 is 11.1 Å². The number of nitrogens with zero attached hydrogens (tertiary/aromatic N) is 1. The van der Waals surface area contributed by atoms with Crippen molar-refractivity contribution >= 4 is 5.84 Å². The molecule has 2 aliphatic rings. The van der Waals surface area contributed by atoms with Crippen LogP contribution in [0.4, 0.5) is 0 Å². The minimum Gasteiger partial charge on any atom is -0.409 e. The first kappa shape index (κ1) is 12.6. The number of nitrogens with one attached hydrogen (secondary N) is 1. The highest BCUT2D eigenvalue weighted by molar-refractivity contribution is 5.80. The molecule has 2 atom stereocenters. The predicted octanol–water partition coefficient (Wildman–Crippen LogP) is 0.654. The van der Waals surface area contributed by atoms with Crippen molar-refractivity contribution in [3.05, 3.63) is 0 Å². The monoisotopic (exact) mass is 241 g/mol. The molecule has 2 fully saturated rings. The third-order valence-electron chi connectivity index (χ3n) is 4.09. The van der Waals surface area contributed by atoms with Crippen molar-refractivity contribution in [2.45, 2.75) is 44.6 Å². The number of hydrogen-bond donors (Lipinski definition) is 4. The van der Waals surface area contributed by atoms with Crippen LogP contribution in [0.2, 0.25) is 0 Å². The van der Waals surface area contributed by atoms with Crippen LogP contribution in [0.15, 0.2) is 5.16 Å². The number of hydrogen-bond acceptors (Lipinski definition) is 4. The summed E-state index contributed by atoms with van der Waals surface area (Å²) in [5.74, 6) is 0.949. The average Bonchev–Trinajstić information content (AvgIpc) is 2.93. The smallest absolute Gasteiger partial charge is 0.139 e. The summed E-state index contributed by atoms with van der Waals surface area (Å²) in [6.07, 6.45) is 5.91. The largest absolute Gasteiger partial charge is 0.409 e. The molecule has 2 saturated carbocycles. The van der Waals surface area contributed by atoms with Gasteiger partial charge in [-0.05, 0) is 50.0 Å². The molecule has 0 aromatic rings. The van der Waals surface area contributed by atoms with Gasteiger partial charge < -0.3 is 21.4 Å². The highest BCUT2D eigenvalue weighted by Gasteiger charge is 2.43. The van der Waals surface area contributed by atoms with Gasteiger partial charge in [-0.1, -0.05) is 5.16 Å². The molecule has 0 aliphatic heterocycles. The van der Waals surface area contributed by atoms with Crippen LogP contribution in [0, 0.1) is 11.3 Å². The van der Waals surface area contributed by atoms with Crippen LogP contribution in [0.3, 0.4) is 0 Å². The topological polar surface area (TPSA) is 90.9 Å². The quantitative estimate of drug-likeness (QED) is 0.238. The number of aliphatic hydroxyl groups excluding tert-OH is 1. The summed E-state index contributed by atoms with van der Waals surface area (Å²) in [5.41, 5.74) is 5.78. The first-order valence-electron chi connectivity index (χ1n) is 6.49. The minimum absolute atomic E-state index is 0.0890. The summed E-state index contributed by atoms with van der Waals surface area (Å²) in [6.45, 7) is 1.92. The molecule has 0 bridgehead atoms. The molecule has 5 N–H and O–H groups in total. The average molecular weight is 241 g/mol. The maximum atomic E-state index is 9.43. The zero-order valence-electron chi connectivity index (χ0n) is 10.2. The van der Waals surface area contributed by atoms with E-state index in [0.29, 0.717) is 18.2 Å². The Morgan fingerprint density at radius 2 is 2.18 bits per heavy atom. The lowest BCUT2D eigenvalue weighted by atomic mass is 10.0. The number of aliphatic hydroxyl groups is 1. The Balaban J connectivity index is 1.65. The van der Waals surface area contributed by atoms with Gasteiger partial charge in [0.25, 0.3) is 0 Å². The fourth-order valence-corrected chi connectivity index (χ4v) is 2.79. The number of amidine groups is 1. The summed E-state index contributed by atoms with van der Waals surface area (Å²) < 4.78 is 0. The summed E-state index contributed by atoms with van der Waals surface area (Å²) in [4.78, 5) is 0. The fraction of sp³-hybridized carbons (Fsp3) is 0.917. The van der Waals surface area contributed by atoms with Gasteiger partial charge in [-0.25, -0.2) is 0 Å².